The topological polar surface area (TPSA) is 92.8 Å². The third kappa shape index (κ3) is 6.48. The Morgan fingerprint density at radius 2 is 1.51 bits per heavy atom. The number of hydrogen-bond donors (Lipinski definition) is 1. The number of carbonyl (C=O) groups is 2. The van der Waals surface area contributed by atoms with Crippen molar-refractivity contribution in [1.29, 1.82) is 0 Å². The standard InChI is InChI=1S/C26H27ClN2O5S/c1-17-13-18(2)25(19(3)14-17)35(32,33)29(15-20-5-9-22(27)10-6-20)16-24(30)28-23-11-7-21(8-12-23)26(31)34-4/h5-14H,15-16H2,1-4H3,(H,28,30). The lowest BCUT2D eigenvalue weighted by Gasteiger charge is -2.24. The third-order valence-electron chi connectivity index (χ3n) is 5.38. The van der Waals surface area contributed by atoms with Crippen LogP contribution in [0, 0.1) is 20.8 Å². The van der Waals surface area contributed by atoms with Gasteiger partial charge in [0, 0.05) is 17.3 Å². The number of halogens is 1. The lowest BCUT2D eigenvalue weighted by atomic mass is 10.1. The van der Waals surface area contributed by atoms with Gasteiger partial charge in [0.1, 0.15) is 0 Å². The SMILES string of the molecule is COC(=O)c1ccc(NC(=O)CN(Cc2ccc(Cl)cc2)S(=O)(=O)c2c(C)cc(C)cc2C)cc1. The first-order valence-electron chi connectivity index (χ1n) is 10.8. The summed E-state index contributed by atoms with van der Waals surface area (Å²) >= 11 is 5.98. The highest BCUT2D eigenvalue weighted by Gasteiger charge is 2.30. The number of amides is 1. The predicted molar refractivity (Wildman–Crippen MR) is 136 cm³/mol. The number of benzene rings is 3. The van der Waals surface area contributed by atoms with Crippen LogP contribution in [-0.2, 0) is 26.1 Å². The number of anilines is 1. The first kappa shape index (κ1) is 26.4. The van der Waals surface area contributed by atoms with E-state index in [4.69, 9.17) is 11.6 Å². The van der Waals surface area contributed by atoms with Crippen LogP contribution in [0.4, 0.5) is 5.69 Å². The van der Waals surface area contributed by atoms with E-state index >= 15 is 0 Å². The zero-order valence-electron chi connectivity index (χ0n) is 20.0. The molecule has 35 heavy (non-hydrogen) atoms. The maximum absolute atomic E-state index is 13.8. The number of aryl methyl sites for hydroxylation is 3. The molecule has 3 aromatic rings. The van der Waals surface area contributed by atoms with Gasteiger partial charge in [-0.3, -0.25) is 4.79 Å². The Morgan fingerprint density at radius 1 is 0.943 bits per heavy atom. The number of ether oxygens (including phenoxy) is 1. The minimum atomic E-state index is -4.02. The summed E-state index contributed by atoms with van der Waals surface area (Å²) in [5.74, 6) is -1.01. The number of sulfonamides is 1. The Kier molecular flexibility index (Phi) is 8.32. The van der Waals surface area contributed by atoms with Gasteiger partial charge in [-0.05, 0) is 73.9 Å². The molecular formula is C26H27ClN2O5S. The molecule has 0 radical (unpaired) electrons. The molecule has 0 bridgehead atoms. The predicted octanol–water partition coefficient (Wildman–Crippen LogP) is 4.88. The van der Waals surface area contributed by atoms with Crippen molar-refractivity contribution < 1.29 is 22.7 Å². The van der Waals surface area contributed by atoms with E-state index in [2.05, 4.69) is 10.1 Å². The van der Waals surface area contributed by atoms with E-state index in [0.717, 1.165) is 9.87 Å². The van der Waals surface area contributed by atoms with Crippen LogP contribution < -0.4 is 5.32 Å². The number of nitrogens with one attached hydrogen (secondary N) is 1. The molecule has 184 valence electrons. The molecule has 0 aliphatic carbocycles. The molecule has 0 saturated heterocycles. The summed E-state index contributed by atoms with van der Waals surface area (Å²) in [5, 5.41) is 3.22. The molecule has 0 aliphatic heterocycles. The largest absolute Gasteiger partial charge is 0.465 e. The van der Waals surface area contributed by atoms with Crippen molar-refractivity contribution in [1.82, 2.24) is 4.31 Å². The van der Waals surface area contributed by atoms with E-state index < -0.39 is 28.4 Å². The second-order valence-electron chi connectivity index (χ2n) is 8.24. The van der Waals surface area contributed by atoms with Gasteiger partial charge < -0.3 is 10.1 Å². The van der Waals surface area contributed by atoms with Crippen LogP contribution in [0.1, 0.15) is 32.6 Å². The van der Waals surface area contributed by atoms with Gasteiger partial charge in [-0.15, -0.1) is 0 Å². The van der Waals surface area contributed by atoms with Crippen molar-refractivity contribution >= 4 is 39.2 Å². The molecule has 0 spiro atoms. The molecule has 3 rings (SSSR count). The highest BCUT2D eigenvalue weighted by molar-refractivity contribution is 7.89. The quantitative estimate of drug-likeness (QED) is 0.432. The summed E-state index contributed by atoms with van der Waals surface area (Å²) in [6, 6.07) is 16.6. The maximum atomic E-state index is 13.8. The van der Waals surface area contributed by atoms with Crippen molar-refractivity contribution in [3.05, 3.63) is 93.5 Å². The molecule has 3 aromatic carbocycles. The van der Waals surface area contributed by atoms with Gasteiger partial charge >= 0.3 is 5.97 Å². The third-order valence-corrected chi connectivity index (χ3v) is 7.73. The molecule has 0 atom stereocenters. The summed E-state index contributed by atoms with van der Waals surface area (Å²) in [6.45, 7) is 4.98. The molecule has 0 aromatic heterocycles. The summed E-state index contributed by atoms with van der Waals surface area (Å²) in [5.41, 5.74) is 3.63. The van der Waals surface area contributed by atoms with Crippen LogP contribution in [0.25, 0.3) is 0 Å². The van der Waals surface area contributed by atoms with Crippen LogP contribution >= 0.6 is 11.6 Å². The van der Waals surface area contributed by atoms with Crippen LogP contribution in [0.5, 0.6) is 0 Å². The summed E-state index contributed by atoms with van der Waals surface area (Å²) in [6.07, 6.45) is 0. The van der Waals surface area contributed by atoms with Crippen LogP contribution in [0.2, 0.25) is 5.02 Å². The number of hydrogen-bond acceptors (Lipinski definition) is 5. The fourth-order valence-electron chi connectivity index (χ4n) is 3.89. The first-order valence-corrected chi connectivity index (χ1v) is 12.6. The smallest absolute Gasteiger partial charge is 0.337 e. The van der Waals surface area contributed by atoms with Crippen molar-refractivity contribution in [3.63, 3.8) is 0 Å². The Hall–Kier alpha value is -3.20. The van der Waals surface area contributed by atoms with Crippen molar-refractivity contribution in [2.45, 2.75) is 32.2 Å². The Morgan fingerprint density at radius 3 is 2.06 bits per heavy atom. The summed E-state index contributed by atoms with van der Waals surface area (Å²) in [4.78, 5) is 24.7. The zero-order valence-corrected chi connectivity index (χ0v) is 21.5. The van der Waals surface area contributed by atoms with Gasteiger partial charge in [-0.2, -0.15) is 4.31 Å². The van der Waals surface area contributed by atoms with E-state index in [9.17, 15) is 18.0 Å². The fourth-order valence-corrected chi connectivity index (χ4v) is 5.81. The fraction of sp³-hybridized carbons (Fsp3) is 0.231. The first-order chi connectivity index (χ1) is 16.5. The second kappa shape index (κ2) is 11.0. The minimum absolute atomic E-state index is 0.0129. The number of carbonyl (C=O) groups excluding carboxylic acids is 2. The lowest BCUT2D eigenvalue weighted by molar-refractivity contribution is -0.116. The van der Waals surface area contributed by atoms with Crippen molar-refractivity contribution in [2.24, 2.45) is 0 Å². The summed E-state index contributed by atoms with van der Waals surface area (Å²) < 4.78 is 33.4. The van der Waals surface area contributed by atoms with E-state index in [1.165, 1.54) is 19.2 Å². The molecule has 7 nitrogen and oxygen atoms in total. The minimum Gasteiger partial charge on any atom is -0.465 e. The van der Waals surface area contributed by atoms with Crippen molar-refractivity contribution in [2.75, 3.05) is 19.0 Å². The Balaban J connectivity index is 1.90. The molecule has 1 amide bonds. The van der Waals surface area contributed by atoms with E-state index in [1.807, 2.05) is 19.1 Å². The number of rotatable bonds is 8. The van der Waals surface area contributed by atoms with E-state index in [0.29, 0.717) is 33.0 Å². The molecule has 0 heterocycles. The van der Waals surface area contributed by atoms with Gasteiger partial charge in [-0.1, -0.05) is 41.4 Å². The monoisotopic (exact) mass is 514 g/mol. The molecule has 0 aliphatic rings. The van der Waals surface area contributed by atoms with Gasteiger partial charge in [0.25, 0.3) is 0 Å². The number of methoxy groups -OCH3 is 1. The summed E-state index contributed by atoms with van der Waals surface area (Å²) in [7, 11) is -2.73. The molecule has 0 unspecified atom stereocenters. The Labute approximate surface area is 210 Å². The molecule has 0 saturated carbocycles. The van der Waals surface area contributed by atoms with E-state index in [1.54, 1.807) is 50.2 Å². The van der Waals surface area contributed by atoms with Crippen molar-refractivity contribution in [3.8, 4) is 0 Å². The van der Waals surface area contributed by atoms with Crippen LogP contribution in [-0.4, -0.2) is 38.3 Å². The molecule has 9 heteroatoms. The Bertz CT molecular complexity index is 1310. The normalized spacial score (nSPS) is 11.4. The van der Waals surface area contributed by atoms with E-state index in [-0.39, 0.29) is 11.4 Å². The van der Waals surface area contributed by atoms with Gasteiger partial charge in [-0.25, -0.2) is 13.2 Å². The van der Waals surface area contributed by atoms with Crippen LogP contribution in [0.3, 0.4) is 0 Å². The molecular weight excluding hydrogens is 488 g/mol. The number of esters is 1. The lowest BCUT2D eigenvalue weighted by Crippen LogP contribution is -2.38. The van der Waals surface area contributed by atoms with Gasteiger partial charge in [0.05, 0.1) is 24.1 Å². The average Bonchev–Trinajstić information content (AvgIpc) is 2.79. The average molecular weight is 515 g/mol. The highest BCUT2D eigenvalue weighted by Crippen LogP contribution is 2.27. The van der Waals surface area contributed by atoms with Gasteiger partial charge in [0.2, 0.25) is 15.9 Å². The van der Waals surface area contributed by atoms with Crippen LogP contribution in [0.15, 0.2) is 65.6 Å². The molecule has 0 fully saturated rings. The maximum Gasteiger partial charge on any atom is 0.337 e. The highest BCUT2D eigenvalue weighted by atomic mass is 35.5. The zero-order chi connectivity index (χ0) is 25.8. The van der Waals surface area contributed by atoms with Gasteiger partial charge in [0.15, 0.2) is 0 Å². The molecule has 1 N–H and O–H groups in total. The second-order valence-corrected chi connectivity index (χ2v) is 10.6. The number of nitrogens with zero attached hydrogens (tertiary/aromatic N) is 1.